The Bertz CT molecular complexity index is 358. The molecule has 1 saturated heterocycles. The maximum atomic E-state index is 4.24. The van der Waals surface area contributed by atoms with Crippen molar-refractivity contribution in [3.05, 3.63) is 29.6 Å². The van der Waals surface area contributed by atoms with Crippen molar-refractivity contribution in [2.45, 2.75) is 31.8 Å². The quantitative estimate of drug-likeness (QED) is 0.766. The summed E-state index contributed by atoms with van der Waals surface area (Å²) in [5.41, 5.74) is 2.94. The maximum absolute atomic E-state index is 4.24. The first kappa shape index (κ1) is 10.2. The summed E-state index contributed by atoms with van der Waals surface area (Å²) in [4.78, 5) is 6.88. The lowest BCUT2D eigenvalue weighted by Gasteiger charge is -2.37. The lowest BCUT2D eigenvalue weighted by molar-refractivity contribution is 0.147. The van der Waals surface area contributed by atoms with Crippen LogP contribution < -0.4 is 5.32 Å². The van der Waals surface area contributed by atoms with Crippen LogP contribution in [0.25, 0.3) is 0 Å². The van der Waals surface area contributed by atoms with Gasteiger partial charge in [-0.15, -0.1) is 0 Å². The van der Waals surface area contributed by atoms with Gasteiger partial charge in [0.1, 0.15) is 0 Å². The molecule has 16 heavy (non-hydrogen) atoms. The van der Waals surface area contributed by atoms with Crippen molar-refractivity contribution in [2.24, 2.45) is 0 Å². The standard InChI is InChI=1S/C13H19N3/c1-5-15-9-12-10-16(8-4-11(1)12)13-2-6-14-7-3-13/h1,5,9,13-14H,2-4,6-8,10H2. The lowest BCUT2D eigenvalue weighted by Crippen LogP contribution is -2.45. The van der Waals surface area contributed by atoms with Gasteiger partial charge >= 0.3 is 0 Å². The van der Waals surface area contributed by atoms with Gasteiger partial charge in [-0.1, -0.05) is 0 Å². The smallest absolute Gasteiger partial charge is 0.0315 e. The van der Waals surface area contributed by atoms with Gasteiger partial charge in [0, 0.05) is 31.5 Å². The molecule has 0 aliphatic carbocycles. The third kappa shape index (κ3) is 1.97. The highest BCUT2D eigenvalue weighted by molar-refractivity contribution is 5.25. The zero-order chi connectivity index (χ0) is 10.8. The van der Waals surface area contributed by atoms with Crippen molar-refractivity contribution in [1.82, 2.24) is 15.2 Å². The number of piperidine rings is 1. The molecule has 1 aromatic rings. The first-order valence-corrected chi connectivity index (χ1v) is 6.30. The molecule has 3 heterocycles. The summed E-state index contributed by atoms with van der Waals surface area (Å²) in [6.45, 7) is 4.69. The fourth-order valence-corrected chi connectivity index (χ4v) is 2.89. The molecule has 0 spiro atoms. The molecule has 0 bridgehead atoms. The van der Waals surface area contributed by atoms with Crippen LogP contribution in [0, 0.1) is 0 Å². The van der Waals surface area contributed by atoms with Gasteiger partial charge < -0.3 is 5.32 Å². The van der Waals surface area contributed by atoms with Gasteiger partial charge in [0.05, 0.1) is 0 Å². The minimum Gasteiger partial charge on any atom is -0.317 e. The predicted molar refractivity (Wildman–Crippen MR) is 64.2 cm³/mol. The molecule has 3 nitrogen and oxygen atoms in total. The number of pyridine rings is 1. The van der Waals surface area contributed by atoms with E-state index in [1.54, 1.807) is 0 Å². The Labute approximate surface area is 96.9 Å². The Balaban J connectivity index is 1.72. The van der Waals surface area contributed by atoms with Gasteiger partial charge in [0.15, 0.2) is 0 Å². The van der Waals surface area contributed by atoms with Crippen LogP contribution >= 0.6 is 0 Å². The molecule has 2 aliphatic rings. The second kappa shape index (κ2) is 4.52. The average molecular weight is 217 g/mol. The van der Waals surface area contributed by atoms with E-state index in [1.807, 2.05) is 12.4 Å². The van der Waals surface area contributed by atoms with Gasteiger partial charge in [0.2, 0.25) is 0 Å². The third-order valence-corrected chi connectivity index (χ3v) is 3.87. The zero-order valence-electron chi connectivity index (χ0n) is 9.65. The van der Waals surface area contributed by atoms with E-state index in [0.29, 0.717) is 0 Å². The normalized spacial score (nSPS) is 23.0. The number of nitrogens with one attached hydrogen (secondary N) is 1. The molecular weight excluding hydrogens is 198 g/mol. The predicted octanol–water partition coefficient (Wildman–Crippen LogP) is 1.19. The first-order valence-electron chi connectivity index (χ1n) is 6.30. The Kier molecular flexibility index (Phi) is 2.89. The summed E-state index contributed by atoms with van der Waals surface area (Å²) in [5, 5.41) is 3.43. The highest BCUT2D eigenvalue weighted by Gasteiger charge is 2.24. The second-order valence-electron chi connectivity index (χ2n) is 4.85. The number of aromatic nitrogens is 1. The van der Waals surface area contributed by atoms with Crippen molar-refractivity contribution >= 4 is 0 Å². The zero-order valence-corrected chi connectivity index (χ0v) is 9.65. The van der Waals surface area contributed by atoms with Crippen LogP contribution in [-0.2, 0) is 13.0 Å². The van der Waals surface area contributed by atoms with Crippen LogP contribution in [0.4, 0.5) is 0 Å². The van der Waals surface area contributed by atoms with E-state index in [1.165, 1.54) is 50.0 Å². The van der Waals surface area contributed by atoms with E-state index in [9.17, 15) is 0 Å². The highest BCUT2D eigenvalue weighted by atomic mass is 15.2. The van der Waals surface area contributed by atoms with Crippen LogP contribution in [0.15, 0.2) is 18.5 Å². The summed E-state index contributed by atoms with van der Waals surface area (Å²) in [6, 6.07) is 2.96. The lowest BCUT2D eigenvalue weighted by atomic mass is 9.97. The van der Waals surface area contributed by atoms with E-state index in [2.05, 4.69) is 21.3 Å². The molecule has 86 valence electrons. The Morgan fingerprint density at radius 1 is 1.25 bits per heavy atom. The highest BCUT2D eigenvalue weighted by Crippen LogP contribution is 2.22. The van der Waals surface area contributed by atoms with Crippen molar-refractivity contribution in [3.8, 4) is 0 Å². The molecule has 3 rings (SSSR count). The van der Waals surface area contributed by atoms with Gasteiger partial charge in [-0.2, -0.15) is 0 Å². The number of rotatable bonds is 1. The Hall–Kier alpha value is -0.930. The van der Waals surface area contributed by atoms with Crippen LogP contribution in [-0.4, -0.2) is 35.6 Å². The topological polar surface area (TPSA) is 28.2 Å². The molecule has 0 amide bonds. The van der Waals surface area contributed by atoms with E-state index >= 15 is 0 Å². The van der Waals surface area contributed by atoms with Crippen LogP contribution in [0.3, 0.4) is 0 Å². The van der Waals surface area contributed by atoms with Gasteiger partial charge in [-0.05, 0) is 49.5 Å². The monoisotopic (exact) mass is 217 g/mol. The summed E-state index contributed by atoms with van der Waals surface area (Å²) in [5.74, 6) is 0. The van der Waals surface area contributed by atoms with Gasteiger partial charge in [-0.3, -0.25) is 9.88 Å². The van der Waals surface area contributed by atoms with Gasteiger partial charge in [-0.25, -0.2) is 0 Å². The fourth-order valence-electron chi connectivity index (χ4n) is 2.89. The minimum atomic E-state index is 0.787. The fraction of sp³-hybridized carbons (Fsp3) is 0.615. The summed E-state index contributed by atoms with van der Waals surface area (Å²) in [7, 11) is 0. The van der Waals surface area contributed by atoms with E-state index < -0.39 is 0 Å². The van der Waals surface area contributed by atoms with Crippen LogP contribution in [0.1, 0.15) is 24.0 Å². The minimum absolute atomic E-state index is 0.787. The van der Waals surface area contributed by atoms with Gasteiger partial charge in [0.25, 0.3) is 0 Å². The van der Waals surface area contributed by atoms with Crippen molar-refractivity contribution in [1.29, 1.82) is 0 Å². The molecule has 1 N–H and O–H groups in total. The maximum Gasteiger partial charge on any atom is 0.0315 e. The first-order chi connectivity index (χ1) is 7.93. The number of fused-ring (bicyclic) bond motifs is 1. The number of hydrogen-bond acceptors (Lipinski definition) is 3. The van der Waals surface area contributed by atoms with E-state index in [0.717, 1.165) is 12.6 Å². The average Bonchev–Trinajstić information content (AvgIpc) is 2.39. The van der Waals surface area contributed by atoms with Crippen molar-refractivity contribution in [3.63, 3.8) is 0 Å². The molecule has 0 aromatic carbocycles. The molecule has 0 atom stereocenters. The Morgan fingerprint density at radius 3 is 3.00 bits per heavy atom. The molecule has 2 aliphatic heterocycles. The molecular formula is C13H19N3. The summed E-state index contributed by atoms with van der Waals surface area (Å²) < 4.78 is 0. The number of hydrogen-bond donors (Lipinski definition) is 1. The Morgan fingerprint density at radius 2 is 2.12 bits per heavy atom. The molecule has 0 saturated carbocycles. The van der Waals surface area contributed by atoms with E-state index in [-0.39, 0.29) is 0 Å². The molecule has 0 unspecified atom stereocenters. The van der Waals surface area contributed by atoms with E-state index in [4.69, 9.17) is 0 Å². The molecule has 1 fully saturated rings. The van der Waals surface area contributed by atoms with Crippen LogP contribution in [0.2, 0.25) is 0 Å². The third-order valence-electron chi connectivity index (χ3n) is 3.87. The van der Waals surface area contributed by atoms with Crippen molar-refractivity contribution < 1.29 is 0 Å². The largest absolute Gasteiger partial charge is 0.317 e. The van der Waals surface area contributed by atoms with Crippen molar-refractivity contribution in [2.75, 3.05) is 19.6 Å². The summed E-state index contributed by atoms with van der Waals surface area (Å²) >= 11 is 0. The number of nitrogens with zero attached hydrogens (tertiary/aromatic N) is 2. The molecule has 1 aromatic heterocycles. The molecule has 3 heteroatoms. The molecule has 0 radical (unpaired) electrons. The SMILES string of the molecule is c1cc2c(cn1)CN(C1CCNCC1)CC2. The summed E-state index contributed by atoms with van der Waals surface area (Å²) in [6.07, 6.45) is 7.76. The second-order valence-corrected chi connectivity index (χ2v) is 4.85. The van der Waals surface area contributed by atoms with Crippen LogP contribution in [0.5, 0.6) is 0 Å².